The molecular weight excluding hydrogens is 518 g/mol. The third-order valence-corrected chi connectivity index (χ3v) is 8.52. The van der Waals surface area contributed by atoms with E-state index in [-0.39, 0.29) is 22.9 Å². The van der Waals surface area contributed by atoms with Crippen molar-refractivity contribution in [2.24, 2.45) is 5.92 Å². The summed E-state index contributed by atoms with van der Waals surface area (Å²) in [5.74, 6) is -2.31. The van der Waals surface area contributed by atoms with Crippen molar-refractivity contribution in [2.75, 3.05) is 5.32 Å². The maximum atomic E-state index is 14.6. The lowest BCUT2D eigenvalue weighted by Gasteiger charge is -2.38. The molecule has 3 aliphatic rings. The maximum absolute atomic E-state index is 14.6. The summed E-state index contributed by atoms with van der Waals surface area (Å²) in [5.41, 5.74) is 1.75. The van der Waals surface area contributed by atoms with Gasteiger partial charge in [0.25, 0.3) is 5.69 Å². The van der Waals surface area contributed by atoms with Gasteiger partial charge in [0.2, 0.25) is 5.91 Å². The number of fused-ring (bicyclic) bond motifs is 6. The molecule has 4 aromatic rings. The number of nitro benzene ring substituents is 1. The molecule has 1 fully saturated rings. The summed E-state index contributed by atoms with van der Waals surface area (Å²) in [4.78, 5) is 56.4. The smallest absolute Gasteiger partial charge is 0.270 e. The molecule has 0 aromatic heterocycles. The van der Waals surface area contributed by atoms with E-state index in [1.54, 1.807) is 42.6 Å². The van der Waals surface area contributed by atoms with Gasteiger partial charge in [0, 0.05) is 35.1 Å². The van der Waals surface area contributed by atoms with Gasteiger partial charge in [-0.2, -0.15) is 0 Å². The van der Waals surface area contributed by atoms with E-state index in [9.17, 15) is 24.5 Å². The lowest BCUT2D eigenvalue weighted by molar-refractivity contribution is -0.384. The lowest BCUT2D eigenvalue weighted by Crippen LogP contribution is -2.49. The Morgan fingerprint density at radius 3 is 2.34 bits per heavy atom. The number of benzene rings is 4. The van der Waals surface area contributed by atoms with Crippen LogP contribution >= 0.6 is 0 Å². The molecule has 1 spiro atoms. The van der Waals surface area contributed by atoms with Gasteiger partial charge in [-0.15, -0.1) is 0 Å². The van der Waals surface area contributed by atoms with Crippen LogP contribution in [0, 0.1) is 16.0 Å². The van der Waals surface area contributed by atoms with E-state index in [0.717, 1.165) is 11.1 Å². The van der Waals surface area contributed by atoms with E-state index < -0.39 is 34.1 Å². The van der Waals surface area contributed by atoms with Gasteiger partial charge in [0.15, 0.2) is 11.6 Å². The molecule has 8 heteroatoms. The zero-order valence-electron chi connectivity index (χ0n) is 21.6. The number of nitro groups is 1. The Bertz CT molecular complexity index is 1800. The number of anilines is 1. The second-order valence-corrected chi connectivity index (χ2v) is 10.5. The van der Waals surface area contributed by atoms with Crippen LogP contribution in [0.15, 0.2) is 109 Å². The fraction of sp³-hybridized carbons (Fsp3) is 0.121. The first-order valence-electron chi connectivity index (χ1n) is 13.3. The average Bonchev–Trinajstić information content (AvgIpc) is 3.49. The molecule has 4 aromatic carbocycles. The number of hydrogen-bond donors (Lipinski definition) is 1. The molecule has 0 radical (unpaired) electrons. The minimum absolute atomic E-state index is 0.102. The molecule has 1 amide bonds. The van der Waals surface area contributed by atoms with Crippen molar-refractivity contribution >= 4 is 34.9 Å². The molecule has 3 aliphatic heterocycles. The van der Waals surface area contributed by atoms with Gasteiger partial charge < -0.3 is 10.2 Å². The first kappa shape index (κ1) is 24.7. The van der Waals surface area contributed by atoms with Gasteiger partial charge >= 0.3 is 0 Å². The van der Waals surface area contributed by atoms with Crippen LogP contribution in [0.4, 0.5) is 11.4 Å². The molecule has 200 valence electrons. The van der Waals surface area contributed by atoms with E-state index in [1.165, 1.54) is 24.3 Å². The molecule has 1 N–H and O–H groups in total. The van der Waals surface area contributed by atoms with E-state index in [0.29, 0.717) is 16.8 Å². The molecule has 3 heterocycles. The molecule has 0 saturated carbocycles. The van der Waals surface area contributed by atoms with Crippen LogP contribution in [0.3, 0.4) is 0 Å². The normalized spacial score (nSPS) is 23.5. The van der Waals surface area contributed by atoms with Crippen molar-refractivity contribution in [2.45, 2.75) is 17.5 Å². The minimum Gasteiger partial charge on any atom is -0.358 e. The van der Waals surface area contributed by atoms with Crippen molar-refractivity contribution < 1.29 is 19.3 Å². The summed E-state index contributed by atoms with van der Waals surface area (Å²) in [6.45, 7) is 0. The van der Waals surface area contributed by atoms with Gasteiger partial charge in [-0.1, -0.05) is 84.9 Å². The van der Waals surface area contributed by atoms with Crippen molar-refractivity contribution in [3.8, 4) is 0 Å². The fourth-order valence-electron chi connectivity index (χ4n) is 6.89. The maximum Gasteiger partial charge on any atom is 0.270 e. The summed E-state index contributed by atoms with van der Waals surface area (Å²) >= 11 is 0. The van der Waals surface area contributed by atoms with E-state index in [2.05, 4.69) is 5.32 Å². The zero-order chi connectivity index (χ0) is 28.3. The monoisotopic (exact) mass is 541 g/mol. The molecule has 0 bridgehead atoms. The molecule has 4 unspecified atom stereocenters. The van der Waals surface area contributed by atoms with Gasteiger partial charge in [-0.25, -0.2) is 0 Å². The zero-order valence-corrected chi connectivity index (χ0v) is 21.6. The van der Waals surface area contributed by atoms with Gasteiger partial charge in [-0.05, 0) is 28.8 Å². The largest absolute Gasteiger partial charge is 0.358 e. The number of non-ortho nitro benzene ring substituents is 1. The van der Waals surface area contributed by atoms with Crippen LogP contribution in [0.25, 0.3) is 6.08 Å². The SMILES string of the molecule is O=C(c1cccc([N+](=O)[O-])c1)C1C(C(=O)c2ccccc2)C2(C(=O)Nc3ccccc32)C2c3ccccc3C=CN12. The van der Waals surface area contributed by atoms with Gasteiger partial charge in [0.05, 0.1) is 16.9 Å². The first-order valence-corrected chi connectivity index (χ1v) is 13.3. The number of ketones is 2. The van der Waals surface area contributed by atoms with Crippen LogP contribution in [-0.2, 0) is 10.2 Å². The number of amides is 1. The third kappa shape index (κ3) is 3.43. The summed E-state index contributed by atoms with van der Waals surface area (Å²) in [5, 5.41) is 14.6. The Morgan fingerprint density at radius 2 is 1.54 bits per heavy atom. The van der Waals surface area contributed by atoms with Crippen LogP contribution in [0.2, 0.25) is 0 Å². The molecule has 7 rings (SSSR count). The number of rotatable bonds is 5. The molecule has 0 aliphatic carbocycles. The highest BCUT2D eigenvalue weighted by Gasteiger charge is 2.70. The second-order valence-electron chi connectivity index (χ2n) is 10.5. The molecular formula is C33H23N3O5. The number of nitrogens with one attached hydrogen (secondary N) is 1. The Balaban J connectivity index is 1.53. The quantitative estimate of drug-likeness (QED) is 0.201. The lowest BCUT2D eigenvalue weighted by atomic mass is 9.62. The Kier molecular flexibility index (Phi) is 5.47. The summed E-state index contributed by atoms with van der Waals surface area (Å²) in [6, 6.07) is 27.3. The number of carbonyl (C=O) groups excluding carboxylic acids is 3. The van der Waals surface area contributed by atoms with E-state index in [1.807, 2.05) is 53.4 Å². The van der Waals surface area contributed by atoms with E-state index in [4.69, 9.17) is 0 Å². The van der Waals surface area contributed by atoms with Crippen molar-refractivity contribution in [1.82, 2.24) is 4.90 Å². The molecule has 41 heavy (non-hydrogen) atoms. The first-order chi connectivity index (χ1) is 19.9. The highest BCUT2D eigenvalue weighted by atomic mass is 16.6. The number of para-hydroxylation sites is 1. The van der Waals surface area contributed by atoms with Crippen LogP contribution in [-0.4, -0.2) is 33.3 Å². The topological polar surface area (TPSA) is 110 Å². The Hall–Kier alpha value is -5.37. The standard InChI is InChI=1S/C33H23N3O5/c37-29(21-10-2-1-3-11-21)27-28(30(38)22-12-8-13-23(19-22)36(40)41)35-18-17-20-9-4-5-14-24(20)31(35)33(27)25-15-6-7-16-26(25)34-32(33)39/h1-19,27-28,31H,(H,34,39). The van der Waals surface area contributed by atoms with Crippen LogP contribution < -0.4 is 5.32 Å². The predicted molar refractivity (Wildman–Crippen MR) is 152 cm³/mol. The third-order valence-electron chi connectivity index (χ3n) is 8.52. The number of carbonyl (C=O) groups is 3. The summed E-state index contributed by atoms with van der Waals surface area (Å²) in [7, 11) is 0. The summed E-state index contributed by atoms with van der Waals surface area (Å²) in [6.07, 6.45) is 3.66. The molecule has 4 atom stereocenters. The highest BCUT2D eigenvalue weighted by Crippen LogP contribution is 2.62. The Morgan fingerprint density at radius 1 is 0.829 bits per heavy atom. The van der Waals surface area contributed by atoms with Crippen molar-refractivity contribution in [3.63, 3.8) is 0 Å². The van der Waals surface area contributed by atoms with Crippen molar-refractivity contribution in [3.05, 3.63) is 147 Å². The van der Waals surface area contributed by atoms with Crippen LogP contribution in [0.1, 0.15) is 43.4 Å². The van der Waals surface area contributed by atoms with Crippen molar-refractivity contribution in [1.29, 1.82) is 0 Å². The second kappa shape index (κ2) is 9.09. The minimum atomic E-state index is -1.45. The van der Waals surface area contributed by atoms with Crippen LogP contribution in [0.5, 0.6) is 0 Å². The summed E-state index contributed by atoms with van der Waals surface area (Å²) < 4.78 is 0. The fourth-order valence-corrected chi connectivity index (χ4v) is 6.89. The average molecular weight is 542 g/mol. The number of hydrogen-bond acceptors (Lipinski definition) is 6. The molecule has 8 nitrogen and oxygen atoms in total. The van der Waals surface area contributed by atoms with E-state index >= 15 is 0 Å². The molecule has 1 saturated heterocycles. The highest BCUT2D eigenvalue weighted by molar-refractivity contribution is 6.16. The van der Waals surface area contributed by atoms with Gasteiger partial charge in [-0.3, -0.25) is 24.5 Å². The number of Topliss-reactive ketones (excluding diaryl/α,β-unsaturated/α-hetero) is 2. The Labute approximate surface area is 235 Å². The number of nitrogens with zero attached hydrogens (tertiary/aromatic N) is 2. The predicted octanol–water partition coefficient (Wildman–Crippen LogP) is 5.58. The van der Waals surface area contributed by atoms with Gasteiger partial charge in [0.1, 0.15) is 11.5 Å².